The van der Waals surface area contributed by atoms with Gasteiger partial charge in [0.2, 0.25) is 0 Å². The highest BCUT2D eigenvalue weighted by molar-refractivity contribution is 9.11. The SMILES string of the molecule is O=C(O[C@H]1C[C@H](n2cc(C=CBr)c(=O)n(C(=O)c3ccc(Cl)cc3)c2=O)O[C@@H]1CO)c1ccc(Cl)cc1. The van der Waals surface area contributed by atoms with E-state index in [9.17, 15) is 24.3 Å². The number of rotatable bonds is 6. The molecule has 3 atom stereocenters. The Hall–Kier alpha value is -3.02. The molecule has 1 aromatic heterocycles. The first-order valence-electron chi connectivity index (χ1n) is 10.9. The van der Waals surface area contributed by atoms with Gasteiger partial charge in [0.25, 0.3) is 11.5 Å². The second kappa shape index (κ2) is 11.6. The first-order valence-corrected chi connectivity index (χ1v) is 12.6. The lowest BCUT2D eigenvalue weighted by molar-refractivity contribution is -0.0524. The molecule has 1 aliphatic heterocycles. The van der Waals surface area contributed by atoms with Gasteiger partial charge in [0.05, 0.1) is 17.7 Å². The molecule has 0 saturated carbocycles. The molecule has 12 heteroatoms. The smallest absolute Gasteiger partial charge is 0.340 e. The number of esters is 1. The van der Waals surface area contributed by atoms with Crippen LogP contribution in [0.25, 0.3) is 6.08 Å². The number of carbonyl (C=O) groups is 2. The molecule has 0 amide bonds. The van der Waals surface area contributed by atoms with E-state index in [0.29, 0.717) is 14.6 Å². The van der Waals surface area contributed by atoms with Gasteiger partial charge in [-0.1, -0.05) is 39.1 Å². The third-order valence-electron chi connectivity index (χ3n) is 5.69. The number of nitrogens with zero attached hydrogens (tertiary/aromatic N) is 2. The van der Waals surface area contributed by atoms with Crippen molar-refractivity contribution >= 4 is 57.1 Å². The van der Waals surface area contributed by atoms with E-state index in [0.717, 1.165) is 4.57 Å². The molecule has 0 aliphatic carbocycles. The normalized spacial score (nSPS) is 19.3. The number of halogens is 3. The molecular formula is C25H19BrCl2N2O7. The number of ether oxygens (including phenoxy) is 2. The van der Waals surface area contributed by atoms with E-state index in [2.05, 4.69) is 15.9 Å². The first-order chi connectivity index (χ1) is 17.7. The zero-order valence-electron chi connectivity index (χ0n) is 18.9. The molecule has 1 N–H and O–H groups in total. The van der Waals surface area contributed by atoms with E-state index in [1.165, 1.54) is 65.8 Å². The summed E-state index contributed by atoms with van der Waals surface area (Å²) in [5.74, 6) is -1.52. The van der Waals surface area contributed by atoms with Crippen molar-refractivity contribution in [2.75, 3.05) is 6.61 Å². The maximum Gasteiger partial charge on any atom is 0.340 e. The molecule has 192 valence electrons. The van der Waals surface area contributed by atoms with E-state index >= 15 is 0 Å². The minimum atomic E-state index is -1.04. The van der Waals surface area contributed by atoms with E-state index in [1.807, 2.05) is 0 Å². The summed E-state index contributed by atoms with van der Waals surface area (Å²) in [4.78, 5) is 53.5. The van der Waals surface area contributed by atoms with Gasteiger partial charge in [0.1, 0.15) is 18.4 Å². The zero-order valence-corrected chi connectivity index (χ0v) is 22.0. The second-order valence-electron chi connectivity index (χ2n) is 8.02. The van der Waals surface area contributed by atoms with Crippen molar-refractivity contribution in [3.63, 3.8) is 0 Å². The Bertz CT molecular complexity index is 1470. The number of carbonyl (C=O) groups excluding carboxylic acids is 2. The summed E-state index contributed by atoms with van der Waals surface area (Å²) in [5.41, 5.74) is -1.45. The van der Waals surface area contributed by atoms with Crippen molar-refractivity contribution < 1.29 is 24.2 Å². The molecule has 4 rings (SSSR count). The summed E-state index contributed by atoms with van der Waals surface area (Å²) in [7, 11) is 0. The average Bonchev–Trinajstić information content (AvgIpc) is 3.29. The maximum absolute atomic E-state index is 13.4. The fraction of sp³-hybridized carbons (Fsp3) is 0.200. The summed E-state index contributed by atoms with van der Waals surface area (Å²) in [6.45, 7) is -0.499. The van der Waals surface area contributed by atoms with Gasteiger partial charge >= 0.3 is 11.7 Å². The summed E-state index contributed by atoms with van der Waals surface area (Å²) in [5, 5.41) is 10.7. The molecule has 2 heterocycles. The molecule has 0 bridgehead atoms. The fourth-order valence-corrected chi connectivity index (χ4v) is 4.37. The molecule has 1 aliphatic rings. The Kier molecular flexibility index (Phi) is 8.46. The number of benzene rings is 2. The number of hydrogen-bond acceptors (Lipinski definition) is 7. The quantitative estimate of drug-likeness (QED) is 0.422. The van der Waals surface area contributed by atoms with Gasteiger partial charge in [-0.25, -0.2) is 9.59 Å². The lowest BCUT2D eigenvalue weighted by Gasteiger charge is -2.17. The Morgan fingerprint density at radius 1 is 1.05 bits per heavy atom. The topological polar surface area (TPSA) is 117 Å². The highest BCUT2D eigenvalue weighted by atomic mass is 79.9. The molecular weight excluding hydrogens is 591 g/mol. The molecule has 1 fully saturated rings. The van der Waals surface area contributed by atoms with Crippen molar-refractivity contribution in [3.05, 3.63) is 107 Å². The first kappa shape index (κ1) is 27.0. The molecule has 0 radical (unpaired) electrons. The maximum atomic E-state index is 13.4. The van der Waals surface area contributed by atoms with Gasteiger partial charge in [-0.3, -0.25) is 14.2 Å². The standard InChI is InChI=1S/C25H19BrCl2N2O7/c26-10-9-16-12-29(25(35)30(23(16)33)22(32)14-1-5-17(27)6-2-14)21-11-19(20(13-31)36-21)37-24(34)15-3-7-18(28)8-4-15/h1-10,12,19-21,31H,11,13H2/t19-,20+,21+/m0/s1. The second-order valence-corrected chi connectivity index (χ2v) is 9.42. The van der Waals surface area contributed by atoms with Crippen LogP contribution in [-0.4, -0.2) is 44.9 Å². The molecule has 9 nitrogen and oxygen atoms in total. The van der Waals surface area contributed by atoms with Crippen molar-refractivity contribution in [3.8, 4) is 0 Å². The summed E-state index contributed by atoms with van der Waals surface area (Å²) in [6, 6.07) is 11.8. The Balaban J connectivity index is 1.69. The Morgan fingerprint density at radius 3 is 2.22 bits per heavy atom. The molecule has 3 aromatic rings. The Morgan fingerprint density at radius 2 is 1.65 bits per heavy atom. The largest absolute Gasteiger partial charge is 0.456 e. The monoisotopic (exact) mass is 608 g/mol. The van der Waals surface area contributed by atoms with Gasteiger partial charge in [-0.15, -0.1) is 0 Å². The average molecular weight is 610 g/mol. The Labute approximate surface area is 228 Å². The molecule has 2 aromatic carbocycles. The van der Waals surface area contributed by atoms with Crippen molar-refractivity contribution in [2.45, 2.75) is 24.9 Å². The number of hydrogen-bond donors (Lipinski definition) is 1. The van der Waals surface area contributed by atoms with Gasteiger partial charge in [-0.05, 0) is 59.6 Å². The lowest BCUT2D eigenvalue weighted by atomic mass is 10.1. The minimum Gasteiger partial charge on any atom is -0.456 e. The van der Waals surface area contributed by atoms with E-state index in [4.69, 9.17) is 32.7 Å². The van der Waals surface area contributed by atoms with Gasteiger partial charge < -0.3 is 14.6 Å². The number of aromatic nitrogens is 2. The third kappa shape index (κ3) is 5.78. The van der Waals surface area contributed by atoms with E-state index in [-0.39, 0.29) is 23.1 Å². The summed E-state index contributed by atoms with van der Waals surface area (Å²) in [6.07, 6.45) is -0.296. The number of aliphatic hydroxyl groups is 1. The van der Waals surface area contributed by atoms with Crippen LogP contribution >= 0.6 is 39.1 Å². The zero-order chi connectivity index (χ0) is 26.7. The van der Waals surface area contributed by atoms with Crippen molar-refractivity contribution in [1.82, 2.24) is 9.13 Å². The van der Waals surface area contributed by atoms with Crippen LogP contribution < -0.4 is 11.2 Å². The highest BCUT2D eigenvalue weighted by Crippen LogP contribution is 2.30. The summed E-state index contributed by atoms with van der Waals surface area (Å²) >= 11 is 14.8. The van der Waals surface area contributed by atoms with Crippen LogP contribution in [0.3, 0.4) is 0 Å². The van der Waals surface area contributed by atoms with Crippen LogP contribution in [-0.2, 0) is 9.47 Å². The lowest BCUT2D eigenvalue weighted by Crippen LogP contribution is -2.45. The highest BCUT2D eigenvalue weighted by Gasteiger charge is 2.39. The van der Waals surface area contributed by atoms with Crippen LogP contribution in [0.4, 0.5) is 0 Å². The third-order valence-corrected chi connectivity index (χ3v) is 6.45. The molecule has 1 saturated heterocycles. The fourth-order valence-electron chi connectivity index (χ4n) is 3.83. The minimum absolute atomic E-state index is 0.0181. The van der Waals surface area contributed by atoms with Crippen LogP contribution in [0.1, 0.15) is 38.9 Å². The summed E-state index contributed by atoms with van der Waals surface area (Å²) < 4.78 is 12.9. The number of aliphatic hydroxyl groups excluding tert-OH is 1. The molecule has 37 heavy (non-hydrogen) atoms. The van der Waals surface area contributed by atoms with Crippen molar-refractivity contribution in [1.29, 1.82) is 0 Å². The van der Waals surface area contributed by atoms with E-state index in [1.54, 1.807) is 0 Å². The van der Waals surface area contributed by atoms with Crippen LogP contribution in [0.15, 0.2) is 69.3 Å². The predicted octanol–water partition coefficient (Wildman–Crippen LogP) is 3.88. The van der Waals surface area contributed by atoms with Crippen LogP contribution in [0.5, 0.6) is 0 Å². The van der Waals surface area contributed by atoms with E-state index < -0.39 is 48.2 Å². The molecule has 0 spiro atoms. The van der Waals surface area contributed by atoms with Crippen molar-refractivity contribution in [2.24, 2.45) is 0 Å². The van der Waals surface area contributed by atoms with Gasteiger partial charge in [-0.2, -0.15) is 4.57 Å². The molecule has 0 unspecified atom stereocenters. The van der Waals surface area contributed by atoms with Crippen LogP contribution in [0, 0.1) is 0 Å². The van der Waals surface area contributed by atoms with Gasteiger partial charge in [0.15, 0.2) is 0 Å². The predicted molar refractivity (Wildman–Crippen MR) is 140 cm³/mol. The van der Waals surface area contributed by atoms with Crippen LogP contribution in [0.2, 0.25) is 10.0 Å². The van der Waals surface area contributed by atoms with Gasteiger partial charge in [0, 0.05) is 28.2 Å².